The summed E-state index contributed by atoms with van der Waals surface area (Å²) in [5.74, 6) is 8.02. The van der Waals surface area contributed by atoms with Crippen LogP contribution in [-0.4, -0.2) is 29.9 Å². The maximum absolute atomic E-state index is 12.0. The van der Waals surface area contributed by atoms with E-state index in [2.05, 4.69) is 17.8 Å². The van der Waals surface area contributed by atoms with Crippen LogP contribution >= 0.6 is 0 Å². The number of nitrogens with zero attached hydrogens (tertiary/aromatic N) is 1. The first-order chi connectivity index (χ1) is 9.74. The van der Waals surface area contributed by atoms with E-state index in [4.69, 9.17) is 11.2 Å². The fourth-order valence-corrected chi connectivity index (χ4v) is 1.67. The van der Waals surface area contributed by atoms with Crippen molar-refractivity contribution in [2.45, 2.75) is 19.4 Å². The van der Waals surface area contributed by atoms with E-state index in [1.54, 1.807) is 13.0 Å². The van der Waals surface area contributed by atoms with Gasteiger partial charge in [0, 0.05) is 6.08 Å². The van der Waals surface area contributed by atoms with Crippen LogP contribution in [0.2, 0.25) is 0 Å². The van der Waals surface area contributed by atoms with Crippen LogP contribution in [0, 0.1) is 24.2 Å². The van der Waals surface area contributed by atoms with Gasteiger partial charge < -0.3 is 4.74 Å². The Morgan fingerprint density at radius 1 is 1.60 bits per heavy atom. The van der Waals surface area contributed by atoms with E-state index in [0.29, 0.717) is 18.4 Å². The van der Waals surface area contributed by atoms with Gasteiger partial charge in [0.25, 0.3) is 0 Å². The minimum atomic E-state index is -0.523. The van der Waals surface area contributed by atoms with E-state index in [1.807, 2.05) is 6.08 Å². The van der Waals surface area contributed by atoms with Crippen molar-refractivity contribution in [2.75, 3.05) is 6.61 Å². The number of hydrogen-bond donors (Lipinski definition) is 0. The Morgan fingerprint density at radius 2 is 2.40 bits per heavy atom. The van der Waals surface area contributed by atoms with Crippen molar-refractivity contribution in [3.63, 3.8) is 0 Å². The second-order valence-corrected chi connectivity index (χ2v) is 3.74. The molecule has 0 saturated carbocycles. The highest BCUT2D eigenvalue weighted by molar-refractivity contribution is 5.76. The Morgan fingerprint density at radius 3 is 3.05 bits per heavy atom. The molecule has 0 fully saturated rings. The Labute approximate surface area is 118 Å². The number of carbonyl (C=O) groups is 2. The summed E-state index contributed by atoms with van der Waals surface area (Å²) in [5, 5.41) is 0. The third-order valence-electron chi connectivity index (χ3n) is 2.45. The number of allylic oxidation sites excluding steroid dienone is 4. The van der Waals surface area contributed by atoms with Crippen LogP contribution in [-0.2, 0) is 9.53 Å². The number of terminal acetylenes is 1. The van der Waals surface area contributed by atoms with E-state index in [0.717, 1.165) is 0 Å². The lowest BCUT2D eigenvalue weighted by atomic mass is 10.1. The van der Waals surface area contributed by atoms with Crippen LogP contribution in [0.25, 0.3) is 0 Å². The Balaban J connectivity index is 3.04. The van der Waals surface area contributed by atoms with E-state index < -0.39 is 6.09 Å². The maximum Gasteiger partial charge on any atom is 0.415 e. The van der Waals surface area contributed by atoms with E-state index in [9.17, 15) is 9.59 Å². The van der Waals surface area contributed by atoms with Gasteiger partial charge in [0.05, 0.1) is 12.3 Å². The van der Waals surface area contributed by atoms with Gasteiger partial charge in [0.2, 0.25) is 0 Å². The fraction of sp³-hybridized carbons (Fsp3) is 0.250. The molecule has 4 heteroatoms. The van der Waals surface area contributed by atoms with Gasteiger partial charge in [-0.3, -0.25) is 9.69 Å². The van der Waals surface area contributed by atoms with Crippen molar-refractivity contribution in [1.29, 1.82) is 0 Å². The minimum Gasteiger partial charge on any atom is -0.449 e. The standard InChI is InChI=1S/C16H15NO3/c1-3-5-6-7-9-14-10-8-11-15(12-13-18)17(14)16(19)20-4-2/h1,5-6,8,11-14H,4,10H2,2H3/b6-5-,15-12-. The molecule has 0 aromatic rings. The molecular formula is C16H15NO3. The van der Waals surface area contributed by atoms with Crippen LogP contribution in [0.3, 0.4) is 0 Å². The quantitative estimate of drug-likeness (QED) is 0.438. The number of aldehydes is 1. The molecule has 0 aromatic carbocycles. The third kappa shape index (κ3) is 4.19. The molecule has 1 unspecified atom stereocenters. The largest absolute Gasteiger partial charge is 0.449 e. The van der Waals surface area contributed by atoms with Crippen molar-refractivity contribution in [1.82, 2.24) is 4.90 Å². The molecule has 0 bridgehead atoms. The zero-order valence-corrected chi connectivity index (χ0v) is 11.2. The first kappa shape index (κ1) is 15.3. The lowest BCUT2D eigenvalue weighted by Crippen LogP contribution is -2.40. The molecular weight excluding hydrogens is 254 g/mol. The molecule has 0 spiro atoms. The van der Waals surface area contributed by atoms with Gasteiger partial charge in [-0.05, 0) is 31.6 Å². The van der Waals surface area contributed by atoms with Crippen LogP contribution in [0.15, 0.2) is 36.1 Å². The monoisotopic (exact) mass is 269 g/mol. The van der Waals surface area contributed by atoms with Crippen molar-refractivity contribution >= 4 is 12.4 Å². The molecule has 1 rings (SSSR count). The molecule has 1 aliphatic heterocycles. The normalized spacial score (nSPS) is 19.3. The summed E-state index contributed by atoms with van der Waals surface area (Å²) < 4.78 is 4.99. The number of carbonyl (C=O) groups excluding carboxylic acids is 2. The molecule has 1 amide bonds. The van der Waals surface area contributed by atoms with Crippen molar-refractivity contribution in [3.05, 3.63) is 36.1 Å². The van der Waals surface area contributed by atoms with E-state index >= 15 is 0 Å². The highest BCUT2D eigenvalue weighted by atomic mass is 16.6. The van der Waals surface area contributed by atoms with Gasteiger partial charge >= 0.3 is 6.09 Å². The third-order valence-corrected chi connectivity index (χ3v) is 2.45. The summed E-state index contributed by atoms with van der Waals surface area (Å²) in [6.45, 7) is 1.97. The second kappa shape index (κ2) is 8.39. The van der Waals surface area contributed by atoms with Gasteiger partial charge in [-0.25, -0.2) is 4.79 Å². The number of hydrogen-bond acceptors (Lipinski definition) is 3. The molecule has 0 N–H and O–H groups in total. The smallest absolute Gasteiger partial charge is 0.415 e. The lowest BCUT2D eigenvalue weighted by Gasteiger charge is -2.30. The van der Waals surface area contributed by atoms with Gasteiger partial charge in [-0.15, -0.1) is 6.42 Å². The van der Waals surface area contributed by atoms with Crippen LogP contribution in [0.5, 0.6) is 0 Å². The lowest BCUT2D eigenvalue weighted by molar-refractivity contribution is -0.104. The van der Waals surface area contributed by atoms with Crippen molar-refractivity contribution < 1.29 is 14.3 Å². The topological polar surface area (TPSA) is 46.6 Å². The highest BCUT2D eigenvalue weighted by Crippen LogP contribution is 2.20. The minimum absolute atomic E-state index is 0.255. The predicted molar refractivity (Wildman–Crippen MR) is 76.3 cm³/mol. The molecule has 0 radical (unpaired) electrons. The fourth-order valence-electron chi connectivity index (χ4n) is 1.67. The first-order valence-electron chi connectivity index (χ1n) is 6.14. The summed E-state index contributed by atoms with van der Waals surface area (Å²) in [7, 11) is 0. The second-order valence-electron chi connectivity index (χ2n) is 3.74. The number of amides is 1. The highest BCUT2D eigenvalue weighted by Gasteiger charge is 2.27. The number of rotatable bonds is 2. The molecule has 102 valence electrons. The predicted octanol–water partition coefficient (Wildman–Crippen LogP) is 2.05. The van der Waals surface area contributed by atoms with Crippen molar-refractivity contribution in [3.8, 4) is 24.2 Å². The summed E-state index contributed by atoms with van der Waals surface area (Å²) in [5.41, 5.74) is 0.463. The molecule has 0 saturated heterocycles. The molecule has 1 atom stereocenters. The molecule has 0 aromatic heterocycles. The Kier molecular flexibility index (Phi) is 6.44. The average molecular weight is 269 g/mol. The van der Waals surface area contributed by atoms with Gasteiger partial charge in [0.15, 0.2) is 0 Å². The van der Waals surface area contributed by atoms with Gasteiger partial charge in [0.1, 0.15) is 12.3 Å². The Hall–Kier alpha value is -2.72. The molecule has 0 aliphatic carbocycles. The average Bonchev–Trinajstić information content (AvgIpc) is 2.44. The van der Waals surface area contributed by atoms with E-state index in [1.165, 1.54) is 23.1 Å². The Bertz CT molecular complexity index is 552. The van der Waals surface area contributed by atoms with E-state index in [-0.39, 0.29) is 12.6 Å². The maximum atomic E-state index is 12.0. The van der Waals surface area contributed by atoms with Crippen LogP contribution in [0.1, 0.15) is 13.3 Å². The van der Waals surface area contributed by atoms with Crippen molar-refractivity contribution in [2.24, 2.45) is 0 Å². The van der Waals surface area contributed by atoms with Gasteiger partial charge in [-0.2, -0.15) is 0 Å². The molecule has 20 heavy (non-hydrogen) atoms. The summed E-state index contributed by atoms with van der Waals surface area (Å²) in [4.78, 5) is 24.0. The summed E-state index contributed by atoms with van der Waals surface area (Å²) >= 11 is 0. The van der Waals surface area contributed by atoms with Crippen LogP contribution < -0.4 is 0 Å². The zero-order chi connectivity index (χ0) is 14.8. The van der Waals surface area contributed by atoms with Crippen LogP contribution in [0.4, 0.5) is 4.79 Å². The summed E-state index contributed by atoms with van der Waals surface area (Å²) in [6.07, 6.45) is 13.6. The van der Waals surface area contributed by atoms with Gasteiger partial charge in [-0.1, -0.05) is 23.8 Å². The first-order valence-corrected chi connectivity index (χ1v) is 6.14. The SMILES string of the molecule is C#C/C=C\C#CC1CC=C/C(=C/C=O)N1C(=O)OCC. The molecule has 4 nitrogen and oxygen atoms in total. The molecule has 1 heterocycles. The molecule has 1 aliphatic rings. The number of ether oxygens (including phenoxy) is 1. The summed E-state index contributed by atoms with van der Waals surface area (Å²) in [6, 6.07) is -0.382. The zero-order valence-electron chi connectivity index (χ0n) is 11.2.